The van der Waals surface area contributed by atoms with Crippen LogP contribution >= 0.6 is 11.3 Å². The predicted molar refractivity (Wildman–Crippen MR) is 86.5 cm³/mol. The normalized spacial score (nSPS) is 19.0. The summed E-state index contributed by atoms with van der Waals surface area (Å²) in [5.41, 5.74) is 1.56. The van der Waals surface area contributed by atoms with Gasteiger partial charge in [-0.3, -0.25) is 4.90 Å². The Balaban J connectivity index is 1.74. The molecule has 0 saturated carbocycles. The zero-order valence-corrected chi connectivity index (χ0v) is 14.0. The molecule has 0 aliphatic heterocycles. The Morgan fingerprint density at radius 2 is 2.17 bits per heavy atom. The lowest BCUT2D eigenvalue weighted by atomic mass is 9.96. The highest BCUT2D eigenvalue weighted by Crippen LogP contribution is 2.37. The van der Waals surface area contributed by atoms with E-state index in [1.54, 1.807) is 11.3 Å². The third-order valence-electron chi connectivity index (χ3n) is 4.35. The van der Waals surface area contributed by atoms with Gasteiger partial charge in [-0.25, -0.2) is 13.8 Å². The number of hydrogen-bond donors (Lipinski definition) is 1. The lowest BCUT2D eigenvalue weighted by Gasteiger charge is -2.32. The number of aromatic nitrogens is 1. The van der Waals surface area contributed by atoms with Crippen LogP contribution in [0.5, 0.6) is 0 Å². The van der Waals surface area contributed by atoms with E-state index in [0.717, 1.165) is 42.1 Å². The van der Waals surface area contributed by atoms with Gasteiger partial charge in [-0.15, -0.1) is 11.3 Å². The van der Waals surface area contributed by atoms with Crippen LogP contribution in [0.25, 0.3) is 0 Å². The molecule has 6 heteroatoms. The molecule has 3 rings (SSSR count). The van der Waals surface area contributed by atoms with Gasteiger partial charge in [-0.2, -0.15) is 0 Å². The molecule has 124 valence electrons. The van der Waals surface area contributed by atoms with Gasteiger partial charge in [0.05, 0.1) is 16.8 Å². The topological polar surface area (TPSA) is 36.4 Å². The average Bonchev–Trinajstić information content (AvgIpc) is 2.89. The first-order valence-corrected chi connectivity index (χ1v) is 8.57. The third kappa shape index (κ3) is 3.44. The van der Waals surface area contributed by atoms with Crippen molar-refractivity contribution in [2.24, 2.45) is 0 Å². The highest BCUT2D eigenvalue weighted by Gasteiger charge is 2.28. The Morgan fingerprint density at radius 3 is 2.91 bits per heavy atom. The summed E-state index contributed by atoms with van der Waals surface area (Å²) >= 11 is 1.71. The van der Waals surface area contributed by atoms with Gasteiger partial charge < -0.3 is 5.11 Å². The Hall–Kier alpha value is -1.37. The lowest BCUT2D eigenvalue weighted by Crippen LogP contribution is -2.31. The zero-order valence-electron chi connectivity index (χ0n) is 13.2. The maximum Gasteiger partial charge on any atom is 0.159 e. The largest absolute Gasteiger partial charge is 0.387 e. The third-order valence-corrected chi connectivity index (χ3v) is 5.46. The first-order valence-electron chi connectivity index (χ1n) is 7.75. The Kier molecular flexibility index (Phi) is 4.75. The summed E-state index contributed by atoms with van der Waals surface area (Å²) in [5.74, 6) is -1.83. The minimum absolute atomic E-state index is 0.227. The van der Waals surface area contributed by atoms with Crippen molar-refractivity contribution in [1.82, 2.24) is 9.88 Å². The summed E-state index contributed by atoms with van der Waals surface area (Å²) in [6, 6.07) is 3.78. The molecule has 2 atom stereocenters. The van der Waals surface area contributed by atoms with Crippen LogP contribution in [0.4, 0.5) is 8.78 Å². The molecule has 2 aromatic rings. The summed E-state index contributed by atoms with van der Waals surface area (Å²) < 4.78 is 26.3. The molecule has 1 heterocycles. The molecule has 1 aromatic carbocycles. The van der Waals surface area contributed by atoms with E-state index in [4.69, 9.17) is 0 Å². The summed E-state index contributed by atoms with van der Waals surface area (Å²) in [4.78, 5) is 7.94. The molecule has 0 bridgehead atoms. The molecule has 1 aromatic heterocycles. The van der Waals surface area contributed by atoms with Gasteiger partial charge in [0.1, 0.15) is 0 Å². The fourth-order valence-electron chi connectivity index (χ4n) is 3.17. The molecule has 1 N–H and O–H groups in total. The minimum atomic E-state index is -0.928. The second kappa shape index (κ2) is 6.63. The van der Waals surface area contributed by atoms with Crippen molar-refractivity contribution in [3.63, 3.8) is 0 Å². The van der Waals surface area contributed by atoms with E-state index in [1.165, 1.54) is 10.9 Å². The highest BCUT2D eigenvalue weighted by atomic mass is 32.1. The summed E-state index contributed by atoms with van der Waals surface area (Å²) in [6.07, 6.45) is 2.26. The summed E-state index contributed by atoms with van der Waals surface area (Å²) in [5, 5.41) is 11.4. The lowest BCUT2D eigenvalue weighted by molar-refractivity contribution is 0.0991. The Morgan fingerprint density at radius 1 is 1.39 bits per heavy atom. The average molecular weight is 338 g/mol. The molecule has 0 spiro atoms. The smallest absolute Gasteiger partial charge is 0.159 e. The van der Waals surface area contributed by atoms with Crippen molar-refractivity contribution in [2.75, 3.05) is 13.6 Å². The second-order valence-corrected chi connectivity index (χ2v) is 7.32. The van der Waals surface area contributed by atoms with Crippen LogP contribution in [0, 0.1) is 18.6 Å². The molecule has 1 aliphatic carbocycles. The maximum absolute atomic E-state index is 13.3. The quantitative estimate of drug-likeness (QED) is 0.922. The van der Waals surface area contributed by atoms with E-state index < -0.39 is 17.7 Å². The van der Waals surface area contributed by atoms with Crippen LogP contribution in [0.15, 0.2) is 18.2 Å². The van der Waals surface area contributed by atoms with Crippen LogP contribution in [-0.2, 0) is 6.42 Å². The molecule has 3 nitrogen and oxygen atoms in total. The van der Waals surface area contributed by atoms with Gasteiger partial charge in [-0.05, 0) is 50.9 Å². The number of aliphatic hydroxyl groups excluding tert-OH is 1. The number of hydrogen-bond acceptors (Lipinski definition) is 4. The van der Waals surface area contributed by atoms with E-state index in [2.05, 4.69) is 9.88 Å². The number of aliphatic hydroxyl groups is 1. The summed E-state index contributed by atoms with van der Waals surface area (Å²) in [7, 11) is 1.96. The van der Waals surface area contributed by atoms with Gasteiger partial charge in [0.15, 0.2) is 11.6 Å². The highest BCUT2D eigenvalue weighted by molar-refractivity contribution is 7.11. The van der Waals surface area contributed by atoms with Crippen LogP contribution in [0.2, 0.25) is 0 Å². The van der Waals surface area contributed by atoms with E-state index >= 15 is 0 Å². The van der Waals surface area contributed by atoms with E-state index in [-0.39, 0.29) is 6.04 Å². The van der Waals surface area contributed by atoms with E-state index in [9.17, 15) is 13.9 Å². The number of halogens is 2. The van der Waals surface area contributed by atoms with Crippen LogP contribution in [-0.4, -0.2) is 28.6 Å². The summed E-state index contributed by atoms with van der Waals surface area (Å²) in [6.45, 7) is 2.38. The molecule has 23 heavy (non-hydrogen) atoms. The molecule has 0 radical (unpaired) electrons. The van der Waals surface area contributed by atoms with Crippen molar-refractivity contribution >= 4 is 11.3 Å². The number of benzene rings is 1. The molecule has 0 fully saturated rings. The van der Waals surface area contributed by atoms with Gasteiger partial charge in [0.2, 0.25) is 0 Å². The van der Waals surface area contributed by atoms with Crippen LogP contribution in [0.1, 0.15) is 46.1 Å². The first-order chi connectivity index (χ1) is 11.0. The number of likely N-dealkylation sites (N-methyl/N-ethyl adjacent to an activating group) is 1. The van der Waals surface area contributed by atoms with E-state index in [0.29, 0.717) is 12.1 Å². The molecular formula is C17H20F2N2OS. The number of aryl methyl sites for hydroxylation is 2. The fourth-order valence-corrected chi connectivity index (χ4v) is 4.34. The Labute approximate surface area is 138 Å². The van der Waals surface area contributed by atoms with Gasteiger partial charge in [0.25, 0.3) is 0 Å². The van der Waals surface area contributed by atoms with Crippen molar-refractivity contribution in [1.29, 1.82) is 0 Å². The first kappa shape index (κ1) is 16.5. The number of fused-ring (bicyclic) bond motifs is 1. The molecule has 1 aliphatic rings. The molecular weight excluding hydrogens is 318 g/mol. The van der Waals surface area contributed by atoms with Crippen molar-refractivity contribution < 1.29 is 13.9 Å². The number of thiazole rings is 1. The van der Waals surface area contributed by atoms with Crippen LogP contribution < -0.4 is 0 Å². The van der Waals surface area contributed by atoms with Crippen LogP contribution in [0.3, 0.4) is 0 Å². The molecule has 0 amide bonds. The minimum Gasteiger partial charge on any atom is -0.387 e. The Bertz CT molecular complexity index is 704. The molecule has 2 unspecified atom stereocenters. The maximum atomic E-state index is 13.3. The van der Waals surface area contributed by atoms with Gasteiger partial charge >= 0.3 is 0 Å². The van der Waals surface area contributed by atoms with Gasteiger partial charge in [0, 0.05) is 17.5 Å². The fraction of sp³-hybridized carbons (Fsp3) is 0.471. The number of nitrogens with zero attached hydrogens (tertiary/aromatic N) is 2. The van der Waals surface area contributed by atoms with Crippen molar-refractivity contribution in [3.05, 3.63) is 51.0 Å². The number of rotatable bonds is 4. The predicted octanol–water partition coefficient (Wildman–Crippen LogP) is 3.77. The standard InChI is InChI=1S/C17H20F2N2OS/c1-10-20-14-4-3-5-15(17(14)23-10)21(2)9-16(22)11-6-7-12(18)13(19)8-11/h6-8,15-16,22H,3-5,9H2,1-2H3. The van der Waals surface area contributed by atoms with E-state index in [1.807, 2.05) is 14.0 Å². The van der Waals surface area contributed by atoms with Crippen molar-refractivity contribution in [2.45, 2.75) is 38.3 Å². The molecule has 0 saturated heterocycles. The second-order valence-electron chi connectivity index (χ2n) is 6.08. The zero-order chi connectivity index (χ0) is 16.6. The monoisotopic (exact) mass is 338 g/mol. The SMILES string of the molecule is Cc1nc2c(s1)C(N(C)CC(O)c1ccc(F)c(F)c1)CCC2. The van der Waals surface area contributed by atoms with Crippen molar-refractivity contribution in [3.8, 4) is 0 Å². The van der Waals surface area contributed by atoms with Gasteiger partial charge in [-0.1, -0.05) is 6.07 Å².